The van der Waals surface area contributed by atoms with E-state index in [2.05, 4.69) is 13.2 Å². The van der Waals surface area contributed by atoms with Gasteiger partial charge in [0.15, 0.2) is 5.78 Å². The summed E-state index contributed by atoms with van der Waals surface area (Å²) < 4.78 is 0. The average Bonchev–Trinajstić information content (AvgIpc) is 2.16. The normalized spacial score (nSPS) is 9.43. The molecular weight excluding hydrogens is 180 g/mol. The minimum atomic E-state index is -0.355. The van der Waals surface area contributed by atoms with Gasteiger partial charge >= 0.3 is 0 Å². The highest BCUT2D eigenvalue weighted by molar-refractivity contribution is 6.05. The molecule has 3 heteroatoms. The minimum Gasteiger partial charge on any atom is -0.507 e. The molecule has 1 aromatic carbocycles. The molecule has 0 aliphatic heterocycles. The molecule has 0 aromatic heterocycles. The van der Waals surface area contributed by atoms with Crippen molar-refractivity contribution >= 4 is 11.9 Å². The van der Waals surface area contributed by atoms with Crippen LogP contribution in [-0.4, -0.2) is 16.0 Å². The van der Waals surface area contributed by atoms with Crippen molar-refractivity contribution in [3.05, 3.63) is 42.5 Å². The summed E-state index contributed by atoms with van der Waals surface area (Å²) >= 11 is 0. The quantitative estimate of drug-likeness (QED) is 0.567. The van der Waals surface area contributed by atoms with Gasteiger partial charge in [-0.05, 0) is 18.2 Å². The Morgan fingerprint density at radius 1 is 1.21 bits per heavy atom. The van der Waals surface area contributed by atoms with Crippen LogP contribution in [-0.2, 0) is 0 Å². The summed E-state index contributed by atoms with van der Waals surface area (Å²) in [7, 11) is 0. The Hall–Kier alpha value is -2.03. The lowest BCUT2D eigenvalue weighted by molar-refractivity contribution is 0.104. The van der Waals surface area contributed by atoms with Gasteiger partial charge in [0, 0.05) is 5.56 Å². The summed E-state index contributed by atoms with van der Waals surface area (Å²) in [6.45, 7) is 6.73. The third-order valence-electron chi connectivity index (χ3n) is 1.81. The van der Waals surface area contributed by atoms with Crippen LogP contribution in [0.4, 0.5) is 0 Å². The number of rotatable bonds is 3. The molecule has 0 heterocycles. The first kappa shape index (κ1) is 10.1. The fraction of sp³-hybridized carbons (Fsp3) is 0. The summed E-state index contributed by atoms with van der Waals surface area (Å²) in [5.41, 5.74) is 0.409. The largest absolute Gasteiger partial charge is 0.507 e. The molecule has 3 nitrogen and oxygen atoms in total. The molecule has 2 N–H and O–H groups in total. The number of phenolic OH excluding ortho intramolecular Hbond substituents is 2. The van der Waals surface area contributed by atoms with Gasteiger partial charge in [0.1, 0.15) is 11.5 Å². The highest BCUT2D eigenvalue weighted by Crippen LogP contribution is 2.29. The summed E-state index contributed by atoms with van der Waals surface area (Å²) in [6.07, 6.45) is 2.43. The van der Waals surface area contributed by atoms with Crippen LogP contribution in [0.3, 0.4) is 0 Å². The Labute approximate surface area is 81.6 Å². The van der Waals surface area contributed by atoms with Crippen LogP contribution in [0.5, 0.6) is 11.5 Å². The van der Waals surface area contributed by atoms with E-state index in [9.17, 15) is 15.0 Å². The number of carbonyl (C=O) groups excluding carboxylic acids is 1. The average molecular weight is 190 g/mol. The van der Waals surface area contributed by atoms with Gasteiger partial charge in [-0.15, -0.1) is 0 Å². The molecule has 0 bridgehead atoms. The molecule has 1 rings (SSSR count). The van der Waals surface area contributed by atoms with E-state index in [0.29, 0.717) is 0 Å². The SMILES string of the molecule is C=CC(=O)c1cc(O)c(C=C)c(O)c1. The molecule has 0 saturated heterocycles. The third-order valence-corrected chi connectivity index (χ3v) is 1.81. The highest BCUT2D eigenvalue weighted by atomic mass is 16.3. The number of ketones is 1. The number of hydrogen-bond donors (Lipinski definition) is 2. The Bertz CT molecular complexity index is 382. The number of aromatic hydroxyl groups is 2. The van der Waals surface area contributed by atoms with Gasteiger partial charge in [-0.25, -0.2) is 0 Å². The van der Waals surface area contributed by atoms with Gasteiger partial charge in [-0.1, -0.05) is 19.2 Å². The van der Waals surface area contributed by atoms with Crippen molar-refractivity contribution in [2.24, 2.45) is 0 Å². The monoisotopic (exact) mass is 190 g/mol. The second-order valence-corrected chi connectivity index (χ2v) is 2.70. The Morgan fingerprint density at radius 3 is 2.07 bits per heavy atom. The maximum atomic E-state index is 11.2. The second kappa shape index (κ2) is 3.79. The first-order chi connectivity index (χ1) is 6.60. The lowest BCUT2D eigenvalue weighted by Crippen LogP contribution is -1.93. The van der Waals surface area contributed by atoms with E-state index in [1.54, 1.807) is 0 Å². The van der Waals surface area contributed by atoms with Crippen LogP contribution < -0.4 is 0 Å². The van der Waals surface area contributed by atoms with E-state index in [4.69, 9.17) is 0 Å². The molecule has 0 saturated carbocycles. The molecular formula is C11H10O3. The van der Waals surface area contributed by atoms with Gasteiger partial charge in [-0.3, -0.25) is 4.79 Å². The van der Waals surface area contributed by atoms with Crippen LogP contribution in [0.1, 0.15) is 15.9 Å². The molecule has 1 aromatic rings. The fourth-order valence-electron chi connectivity index (χ4n) is 1.09. The van der Waals surface area contributed by atoms with Gasteiger partial charge < -0.3 is 10.2 Å². The van der Waals surface area contributed by atoms with Crippen molar-refractivity contribution in [1.29, 1.82) is 0 Å². The summed E-state index contributed by atoms with van der Waals surface area (Å²) in [5.74, 6) is -0.707. The van der Waals surface area contributed by atoms with Crippen molar-refractivity contribution in [1.82, 2.24) is 0 Å². The van der Waals surface area contributed by atoms with Crippen molar-refractivity contribution in [2.75, 3.05) is 0 Å². The Balaban J connectivity index is 3.33. The number of phenols is 2. The van der Waals surface area contributed by atoms with E-state index in [1.807, 2.05) is 0 Å². The molecule has 0 spiro atoms. The van der Waals surface area contributed by atoms with Crippen LogP contribution in [0, 0.1) is 0 Å². The Morgan fingerprint density at radius 2 is 1.71 bits per heavy atom. The molecule has 0 aliphatic carbocycles. The smallest absolute Gasteiger partial charge is 0.185 e. The van der Waals surface area contributed by atoms with Gasteiger partial charge in [0.25, 0.3) is 0 Å². The zero-order valence-electron chi connectivity index (χ0n) is 7.53. The van der Waals surface area contributed by atoms with Gasteiger partial charge in [0.2, 0.25) is 0 Å². The summed E-state index contributed by atoms with van der Waals surface area (Å²) in [4.78, 5) is 11.2. The first-order valence-corrected chi connectivity index (χ1v) is 3.95. The third kappa shape index (κ3) is 1.66. The molecule has 0 amide bonds. The molecule has 0 atom stereocenters. The van der Waals surface area contributed by atoms with Crippen LogP contribution in [0.25, 0.3) is 6.08 Å². The number of allylic oxidation sites excluding steroid dienone is 1. The zero-order chi connectivity index (χ0) is 10.7. The number of carbonyl (C=O) groups is 1. The molecule has 72 valence electrons. The Kier molecular flexibility index (Phi) is 2.72. The zero-order valence-corrected chi connectivity index (χ0v) is 7.53. The van der Waals surface area contributed by atoms with Gasteiger partial charge in [-0.2, -0.15) is 0 Å². The fourth-order valence-corrected chi connectivity index (χ4v) is 1.09. The van der Waals surface area contributed by atoms with Crippen molar-refractivity contribution < 1.29 is 15.0 Å². The van der Waals surface area contributed by atoms with E-state index < -0.39 is 0 Å². The number of hydrogen-bond acceptors (Lipinski definition) is 3. The summed E-state index contributed by atoms with van der Waals surface area (Å²) in [5, 5.41) is 18.8. The first-order valence-electron chi connectivity index (χ1n) is 3.95. The maximum Gasteiger partial charge on any atom is 0.185 e. The molecule has 0 fully saturated rings. The molecule has 14 heavy (non-hydrogen) atoms. The molecule has 0 aliphatic rings. The highest BCUT2D eigenvalue weighted by Gasteiger charge is 2.09. The van der Waals surface area contributed by atoms with Gasteiger partial charge in [0.05, 0.1) is 5.56 Å². The predicted octanol–water partition coefficient (Wildman–Crippen LogP) is 2.11. The van der Waals surface area contributed by atoms with E-state index >= 15 is 0 Å². The van der Waals surface area contributed by atoms with Crippen molar-refractivity contribution in [3.8, 4) is 11.5 Å². The topological polar surface area (TPSA) is 57.5 Å². The number of benzene rings is 1. The lowest BCUT2D eigenvalue weighted by Gasteiger charge is -2.04. The second-order valence-electron chi connectivity index (χ2n) is 2.70. The van der Waals surface area contributed by atoms with E-state index in [-0.39, 0.29) is 28.4 Å². The maximum absolute atomic E-state index is 11.2. The van der Waals surface area contributed by atoms with E-state index in [1.165, 1.54) is 18.2 Å². The van der Waals surface area contributed by atoms with Crippen LogP contribution >= 0.6 is 0 Å². The van der Waals surface area contributed by atoms with Crippen molar-refractivity contribution in [3.63, 3.8) is 0 Å². The molecule has 0 unspecified atom stereocenters. The van der Waals surface area contributed by atoms with Crippen LogP contribution in [0.15, 0.2) is 31.4 Å². The van der Waals surface area contributed by atoms with E-state index in [0.717, 1.165) is 6.08 Å². The minimum absolute atomic E-state index is 0.176. The lowest BCUT2D eigenvalue weighted by atomic mass is 10.1. The molecule has 0 radical (unpaired) electrons. The van der Waals surface area contributed by atoms with Crippen molar-refractivity contribution in [2.45, 2.75) is 0 Å². The summed E-state index contributed by atoms with van der Waals surface area (Å²) in [6, 6.07) is 2.53. The predicted molar refractivity (Wildman–Crippen MR) is 54.4 cm³/mol. The van der Waals surface area contributed by atoms with Crippen LogP contribution in [0.2, 0.25) is 0 Å². The standard InChI is InChI=1S/C11H10O3/c1-3-8-10(13)5-7(6-11(8)14)9(12)4-2/h3-6,13-14H,1-2H2.